The van der Waals surface area contributed by atoms with E-state index in [9.17, 15) is 0 Å². The Labute approximate surface area is 123 Å². The van der Waals surface area contributed by atoms with E-state index in [0.29, 0.717) is 5.92 Å². The third-order valence-corrected chi connectivity index (χ3v) is 4.19. The van der Waals surface area contributed by atoms with Crippen LogP contribution in [0.2, 0.25) is 0 Å². The van der Waals surface area contributed by atoms with Crippen molar-refractivity contribution in [1.29, 1.82) is 0 Å². The van der Waals surface area contributed by atoms with Crippen LogP contribution in [0.15, 0.2) is 0 Å². The Morgan fingerprint density at radius 1 is 1.30 bits per heavy atom. The van der Waals surface area contributed by atoms with E-state index in [2.05, 4.69) is 42.5 Å². The van der Waals surface area contributed by atoms with E-state index >= 15 is 0 Å². The second kappa shape index (κ2) is 7.23. The van der Waals surface area contributed by atoms with Crippen LogP contribution in [0.25, 0.3) is 0 Å². The first-order valence-corrected chi connectivity index (χ1v) is 8.15. The molecule has 0 radical (unpaired) electrons. The number of nitrogens with zero attached hydrogens (tertiary/aromatic N) is 3. The van der Waals surface area contributed by atoms with Crippen molar-refractivity contribution in [3.05, 3.63) is 17.2 Å². The minimum atomic E-state index is 0.666. The highest BCUT2D eigenvalue weighted by Gasteiger charge is 2.20. The first-order valence-electron chi connectivity index (χ1n) is 8.15. The Bertz CT molecular complexity index is 418. The number of imidazole rings is 1. The molecule has 0 saturated carbocycles. The van der Waals surface area contributed by atoms with Crippen LogP contribution in [0.3, 0.4) is 0 Å². The number of hydrogen-bond acceptors (Lipinski definition) is 3. The van der Waals surface area contributed by atoms with Crippen LogP contribution in [-0.4, -0.2) is 40.6 Å². The van der Waals surface area contributed by atoms with Crippen LogP contribution in [0, 0.1) is 5.92 Å². The third-order valence-electron chi connectivity index (χ3n) is 4.19. The average Bonchev–Trinajstić information content (AvgIpc) is 2.77. The van der Waals surface area contributed by atoms with Gasteiger partial charge in [-0.25, -0.2) is 4.98 Å². The fraction of sp³-hybridized carbons (Fsp3) is 0.812. The summed E-state index contributed by atoms with van der Waals surface area (Å²) in [5, 5.41) is 3.44. The second-order valence-electron chi connectivity index (χ2n) is 6.12. The van der Waals surface area contributed by atoms with Gasteiger partial charge in [-0.05, 0) is 19.0 Å². The van der Waals surface area contributed by atoms with Crippen molar-refractivity contribution in [2.75, 3.05) is 26.2 Å². The average molecular weight is 278 g/mol. The molecule has 0 aliphatic carbocycles. The van der Waals surface area contributed by atoms with Gasteiger partial charge in [0.2, 0.25) is 0 Å². The van der Waals surface area contributed by atoms with Gasteiger partial charge in [0.05, 0.1) is 5.69 Å². The van der Waals surface area contributed by atoms with Crippen LogP contribution in [-0.2, 0) is 25.9 Å². The number of likely N-dealkylation sites (N-methyl/N-ethyl adjacent to an activating group) is 1. The van der Waals surface area contributed by atoms with Gasteiger partial charge in [-0.2, -0.15) is 0 Å². The summed E-state index contributed by atoms with van der Waals surface area (Å²) < 4.78 is 2.51. The summed E-state index contributed by atoms with van der Waals surface area (Å²) in [7, 11) is 0. The number of aromatic nitrogens is 2. The van der Waals surface area contributed by atoms with Crippen molar-refractivity contribution >= 4 is 0 Å². The summed E-state index contributed by atoms with van der Waals surface area (Å²) in [6.07, 6.45) is 2.21. The molecule has 1 aromatic rings. The molecule has 114 valence electrons. The molecule has 4 nitrogen and oxygen atoms in total. The minimum absolute atomic E-state index is 0.666. The highest BCUT2D eigenvalue weighted by molar-refractivity contribution is 5.20. The quantitative estimate of drug-likeness (QED) is 0.829. The van der Waals surface area contributed by atoms with Gasteiger partial charge in [0.25, 0.3) is 0 Å². The number of rotatable bonds is 7. The number of nitrogens with one attached hydrogen (secondary N) is 1. The topological polar surface area (TPSA) is 33.1 Å². The Morgan fingerprint density at radius 3 is 2.70 bits per heavy atom. The van der Waals surface area contributed by atoms with Gasteiger partial charge in [0, 0.05) is 44.7 Å². The lowest BCUT2D eigenvalue weighted by Crippen LogP contribution is -2.29. The molecule has 1 aromatic heterocycles. The zero-order valence-electron chi connectivity index (χ0n) is 13.6. The fourth-order valence-corrected chi connectivity index (χ4v) is 2.99. The van der Waals surface area contributed by atoms with E-state index in [0.717, 1.165) is 52.1 Å². The summed E-state index contributed by atoms with van der Waals surface area (Å²) in [5.41, 5.74) is 2.76. The van der Waals surface area contributed by atoms with E-state index in [-0.39, 0.29) is 0 Å². The normalized spacial score (nSPS) is 15.1. The smallest absolute Gasteiger partial charge is 0.109 e. The first-order chi connectivity index (χ1) is 9.65. The zero-order valence-corrected chi connectivity index (χ0v) is 13.6. The van der Waals surface area contributed by atoms with Gasteiger partial charge in [-0.15, -0.1) is 0 Å². The lowest BCUT2D eigenvalue weighted by Gasteiger charge is -2.21. The standard InChI is InChI=1S/C16H30N4/c1-5-19(6-2)9-10-20-15-7-8-17-12-14(15)18-16(20)11-13(3)4/h13,17H,5-12H2,1-4H3. The van der Waals surface area contributed by atoms with Crippen molar-refractivity contribution in [2.24, 2.45) is 5.92 Å². The van der Waals surface area contributed by atoms with E-state index in [1.54, 1.807) is 0 Å². The summed E-state index contributed by atoms with van der Waals surface area (Å²) >= 11 is 0. The number of hydrogen-bond donors (Lipinski definition) is 1. The van der Waals surface area contributed by atoms with Crippen molar-refractivity contribution in [2.45, 2.75) is 53.6 Å². The van der Waals surface area contributed by atoms with E-state index in [4.69, 9.17) is 4.98 Å². The maximum absolute atomic E-state index is 4.90. The summed E-state index contributed by atoms with van der Waals surface area (Å²) in [5.74, 6) is 1.96. The number of fused-ring (bicyclic) bond motifs is 1. The van der Waals surface area contributed by atoms with Crippen molar-refractivity contribution in [3.63, 3.8) is 0 Å². The molecule has 4 heteroatoms. The molecule has 0 fully saturated rings. The SMILES string of the molecule is CCN(CC)CCn1c(CC(C)C)nc2c1CCNC2. The second-order valence-corrected chi connectivity index (χ2v) is 6.12. The Kier molecular flexibility index (Phi) is 5.61. The molecule has 1 N–H and O–H groups in total. The molecular formula is C16H30N4. The molecule has 0 atom stereocenters. The van der Waals surface area contributed by atoms with Gasteiger partial charge in [0.1, 0.15) is 5.82 Å². The van der Waals surface area contributed by atoms with Gasteiger partial charge < -0.3 is 14.8 Å². The van der Waals surface area contributed by atoms with Gasteiger partial charge in [-0.3, -0.25) is 0 Å². The van der Waals surface area contributed by atoms with Gasteiger partial charge >= 0.3 is 0 Å². The molecule has 0 spiro atoms. The Balaban J connectivity index is 2.17. The van der Waals surface area contributed by atoms with Crippen LogP contribution in [0.1, 0.15) is 44.9 Å². The predicted octanol–water partition coefficient (Wildman–Crippen LogP) is 2.07. The highest BCUT2D eigenvalue weighted by atomic mass is 15.2. The van der Waals surface area contributed by atoms with Crippen molar-refractivity contribution in [1.82, 2.24) is 19.8 Å². The fourth-order valence-electron chi connectivity index (χ4n) is 2.99. The molecule has 2 heterocycles. The highest BCUT2D eigenvalue weighted by Crippen LogP contribution is 2.18. The van der Waals surface area contributed by atoms with Crippen LogP contribution >= 0.6 is 0 Å². The van der Waals surface area contributed by atoms with Crippen molar-refractivity contribution < 1.29 is 0 Å². The molecule has 0 bridgehead atoms. The van der Waals surface area contributed by atoms with Crippen LogP contribution in [0.4, 0.5) is 0 Å². The molecule has 0 aromatic carbocycles. The molecule has 20 heavy (non-hydrogen) atoms. The lowest BCUT2D eigenvalue weighted by atomic mass is 10.1. The van der Waals surface area contributed by atoms with Crippen LogP contribution < -0.4 is 5.32 Å². The Hall–Kier alpha value is -0.870. The molecule has 1 aliphatic heterocycles. The molecule has 0 saturated heterocycles. The van der Waals surface area contributed by atoms with Gasteiger partial charge in [0.15, 0.2) is 0 Å². The third kappa shape index (κ3) is 3.61. The largest absolute Gasteiger partial charge is 0.330 e. The predicted molar refractivity (Wildman–Crippen MR) is 84.0 cm³/mol. The maximum atomic E-state index is 4.90. The zero-order chi connectivity index (χ0) is 14.5. The van der Waals surface area contributed by atoms with Crippen LogP contribution in [0.5, 0.6) is 0 Å². The van der Waals surface area contributed by atoms with E-state index in [1.807, 2.05) is 0 Å². The monoisotopic (exact) mass is 278 g/mol. The summed E-state index contributed by atoms with van der Waals surface area (Å²) in [4.78, 5) is 7.40. The molecule has 2 rings (SSSR count). The summed E-state index contributed by atoms with van der Waals surface area (Å²) in [6.45, 7) is 15.6. The maximum Gasteiger partial charge on any atom is 0.109 e. The lowest BCUT2D eigenvalue weighted by molar-refractivity contribution is 0.287. The molecular weight excluding hydrogens is 248 g/mol. The van der Waals surface area contributed by atoms with E-state index in [1.165, 1.54) is 17.2 Å². The molecule has 0 unspecified atom stereocenters. The first kappa shape index (κ1) is 15.5. The van der Waals surface area contributed by atoms with Gasteiger partial charge in [-0.1, -0.05) is 27.7 Å². The van der Waals surface area contributed by atoms with Crippen molar-refractivity contribution in [3.8, 4) is 0 Å². The Morgan fingerprint density at radius 2 is 2.05 bits per heavy atom. The molecule has 0 amide bonds. The van der Waals surface area contributed by atoms with E-state index < -0.39 is 0 Å². The molecule has 1 aliphatic rings. The minimum Gasteiger partial charge on any atom is -0.330 e. The summed E-state index contributed by atoms with van der Waals surface area (Å²) in [6, 6.07) is 0.